The topological polar surface area (TPSA) is 88.2 Å². The van der Waals surface area contributed by atoms with Crippen molar-refractivity contribution >= 4 is 23.4 Å². The number of ether oxygens (including phenoxy) is 2. The Bertz CT molecular complexity index is 775. The van der Waals surface area contributed by atoms with Gasteiger partial charge in [-0.25, -0.2) is 0 Å². The van der Waals surface area contributed by atoms with Crippen molar-refractivity contribution in [2.45, 2.75) is 25.7 Å². The summed E-state index contributed by atoms with van der Waals surface area (Å²) in [6.45, 7) is 3.25. The second-order valence-corrected chi connectivity index (χ2v) is 7.36. The minimum Gasteiger partial charge on any atom is -0.486 e. The normalized spacial score (nSPS) is 21.1. The molecule has 1 atom stereocenters. The van der Waals surface area contributed by atoms with Crippen molar-refractivity contribution in [3.05, 3.63) is 18.2 Å². The van der Waals surface area contributed by atoms with E-state index in [-0.39, 0.29) is 24.1 Å². The summed E-state index contributed by atoms with van der Waals surface area (Å²) in [5.41, 5.74) is 0.703. The van der Waals surface area contributed by atoms with Crippen LogP contribution >= 0.6 is 0 Å². The van der Waals surface area contributed by atoms with Crippen LogP contribution in [-0.2, 0) is 14.4 Å². The van der Waals surface area contributed by atoms with Gasteiger partial charge in [0.15, 0.2) is 11.5 Å². The number of nitrogens with zero attached hydrogens (tertiary/aromatic N) is 2. The molecule has 1 N–H and O–H groups in total. The largest absolute Gasteiger partial charge is 0.486 e. The molecule has 0 aromatic heterocycles. The molecule has 0 spiro atoms. The number of likely N-dealkylation sites (tertiary alicyclic amines) is 1. The number of rotatable bonds is 5. The molecule has 1 aromatic carbocycles. The van der Waals surface area contributed by atoms with Crippen LogP contribution in [0.15, 0.2) is 18.2 Å². The van der Waals surface area contributed by atoms with Crippen molar-refractivity contribution in [1.82, 2.24) is 10.2 Å². The molecule has 3 heterocycles. The minimum absolute atomic E-state index is 0.0817. The quantitative estimate of drug-likeness (QED) is 0.812. The number of fused-ring (bicyclic) bond motifs is 1. The van der Waals surface area contributed by atoms with Gasteiger partial charge in [0.05, 0.1) is 5.92 Å². The summed E-state index contributed by atoms with van der Waals surface area (Å²) in [5.74, 6) is 0.678. The molecular weight excluding hydrogens is 362 g/mol. The molecule has 150 valence electrons. The molecule has 8 nitrogen and oxygen atoms in total. The van der Waals surface area contributed by atoms with E-state index in [2.05, 4.69) is 5.32 Å². The highest BCUT2D eigenvalue weighted by molar-refractivity contribution is 6.00. The maximum Gasteiger partial charge on any atom is 0.227 e. The minimum atomic E-state index is -0.414. The van der Waals surface area contributed by atoms with Crippen LogP contribution < -0.4 is 19.7 Å². The van der Waals surface area contributed by atoms with Crippen molar-refractivity contribution in [3.8, 4) is 11.5 Å². The highest BCUT2D eigenvalue weighted by atomic mass is 16.6. The Morgan fingerprint density at radius 2 is 1.86 bits per heavy atom. The van der Waals surface area contributed by atoms with Crippen LogP contribution in [-0.4, -0.2) is 62.0 Å². The van der Waals surface area contributed by atoms with E-state index in [1.54, 1.807) is 23.1 Å². The Morgan fingerprint density at radius 3 is 2.64 bits per heavy atom. The van der Waals surface area contributed by atoms with E-state index in [0.29, 0.717) is 49.9 Å². The van der Waals surface area contributed by atoms with Crippen LogP contribution in [0.25, 0.3) is 0 Å². The van der Waals surface area contributed by atoms with E-state index < -0.39 is 5.92 Å². The first-order valence-electron chi connectivity index (χ1n) is 9.87. The molecule has 0 aliphatic carbocycles. The number of hydrogen-bond acceptors (Lipinski definition) is 5. The summed E-state index contributed by atoms with van der Waals surface area (Å²) in [4.78, 5) is 40.4. The Labute approximate surface area is 163 Å². The molecule has 3 amide bonds. The average molecular weight is 387 g/mol. The number of carbonyl (C=O) groups excluding carboxylic acids is 3. The molecule has 1 aromatic rings. The lowest BCUT2D eigenvalue weighted by molar-refractivity contribution is -0.130. The predicted molar refractivity (Wildman–Crippen MR) is 101 cm³/mol. The van der Waals surface area contributed by atoms with Gasteiger partial charge in [-0.15, -0.1) is 0 Å². The number of amides is 3. The molecule has 0 saturated carbocycles. The van der Waals surface area contributed by atoms with Crippen LogP contribution in [0.3, 0.4) is 0 Å². The highest BCUT2D eigenvalue weighted by Crippen LogP contribution is 2.35. The standard InChI is InChI=1S/C20H25N3O5/c24-18(22-7-1-2-8-22)5-6-21-20(26)14-11-19(25)23(13-14)15-3-4-16-17(12-15)28-10-9-27-16/h3-4,12,14H,1-2,5-11,13H2,(H,21,26). The third-order valence-corrected chi connectivity index (χ3v) is 5.43. The van der Waals surface area contributed by atoms with Gasteiger partial charge in [-0.05, 0) is 25.0 Å². The van der Waals surface area contributed by atoms with E-state index in [4.69, 9.17) is 9.47 Å². The molecule has 2 fully saturated rings. The van der Waals surface area contributed by atoms with Gasteiger partial charge in [-0.2, -0.15) is 0 Å². The Hall–Kier alpha value is -2.77. The van der Waals surface area contributed by atoms with Crippen LogP contribution in [0.4, 0.5) is 5.69 Å². The fourth-order valence-electron chi connectivity index (χ4n) is 3.89. The molecule has 0 radical (unpaired) electrons. The number of carbonyl (C=O) groups is 3. The third-order valence-electron chi connectivity index (χ3n) is 5.43. The molecule has 1 unspecified atom stereocenters. The molecular formula is C20H25N3O5. The second-order valence-electron chi connectivity index (χ2n) is 7.36. The molecule has 3 aliphatic rings. The first kappa shape index (κ1) is 18.6. The average Bonchev–Trinajstić information content (AvgIpc) is 3.37. The molecule has 0 bridgehead atoms. The number of nitrogens with one attached hydrogen (secondary N) is 1. The Kier molecular flexibility index (Phi) is 5.36. The van der Waals surface area contributed by atoms with Crippen LogP contribution in [0.2, 0.25) is 0 Å². The molecule has 8 heteroatoms. The van der Waals surface area contributed by atoms with Crippen LogP contribution in [0, 0.1) is 5.92 Å². The predicted octanol–water partition coefficient (Wildman–Crippen LogP) is 0.939. The van der Waals surface area contributed by atoms with E-state index in [1.165, 1.54) is 0 Å². The van der Waals surface area contributed by atoms with Crippen molar-refractivity contribution in [2.24, 2.45) is 5.92 Å². The van der Waals surface area contributed by atoms with E-state index in [0.717, 1.165) is 25.9 Å². The van der Waals surface area contributed by atoms with Gasteiger partial charge in [0.25, 0.3) is 0 Å². The summed E-state index contributed by atoms with van der Waals surface area (Å²) in [5, 5.41) is 2.81. The van der Waals surface area contributed by atoms with Crippen molar-refractivity contribution in [1.29, 1.82) is 0 Å². The lowest BCUT2D eigenvalue weighted by Crippen LogP contribution is -2.36. The second kappa shape index (κ2) is 8.08. The van der Waals surface area contributed by atoms with Gasteiger partial charge in [0, 0.05) is 50.8 Å². The van der Waals surface area contributed by atoms with E-state index >= 15 is 0 Å². The molecule has 3 aliphatic heterocycles. The zero-order chi connectivity index (χ0) is 19.5. The number of anilines is 1. The monoisotopic (exact) mass is 387 g/mol. The molecule has 28 heavy (non-hydrogen) atoms. The third kappa shape index (κ3) is 3.90. The van der Waals surface area contributed by atoms with Crippen molar-refractivity contribution in [3.63, 3.8) is 0 Å². The lowest BCUT2D eigenvalue weighted by Gasteiger charge is -2.22. The molecule has 4 rings (SSSR count). The van der Waals surface area contributed by atoms with Gasteiger partial charge in [-0.1, -0.05) is 0 Å². The zero-order valence-electron chi connectivity index (χ0n) is 15.8. The molecule has 2 saturated heterocycles. The fourth-order valence-corrected chi connectivity index (χ4v) is 3.89. The van der Waals surface area contributed by atoms with E-state index in [9.17, 15) is 14.4 Å². The van der Waals surface area contributed by atoms with Gasteiger partial charge < -0.3 is 24.6 Å². The summed E-state index contributed by atoms with van der Waals surface area (Å²) >= 11 is 0. The van der Waals surface area contributed by atoms with Gasteiger partial charge in [-0.3, -0.25) is 14.4 Å². The SMILES string of the molecule is O=C(NCCC(=O)N1CCCC1)C1CC(=O)N(c2ccc3c(c2)OCCO3)C1. The summed E-state index contributed by atoms with van der Waals surface area (Å²) in [6, 6.07) is 5.37. The van der Waals surface area contributed by atoms with Gasteiger partial charge in [0.1, 0.15) is 13.2 Å². The Morgan fingerprint density at radius 1 is 1.11 bits per heavy atom. The van der Waals surface area contributed by atoms with Crippen LogP contribution in [0.5, 0.6) is 11.5 Å². The van der Waals surface area contributed by atoms with Gasteiger partial charge >= 0.3 is 0 Å². The fraction of sp³-hybridized carbons (Fsp3) is 0.550. The highest BCUT2D eigenvalue weighted by Gasteiger charge is 2.35. The first-order valence-corrected chi connectivity index (χ1v) is 9.87. The Balaban J connectivity index is 1.30. The number of hydrogen-bond donors (Lipinski definition) is 1. The first-order chi connectivity index (χ1) is 13.6. The van der Waals surface area contributed by atoms with Crippen molar-refractivity contribution < 1.29 is 23.9 Å². The smallest absolute Gasteiger partial charge is 0.227 e. The zero-order valence-corrected chi connectivity index (χ0v) is 15.8. The van der Waals surface area contributed by atoms with Crippen LogP contribution in [0.1, 0.15) is 25.7 Å². The lowest BCUT2D eigenvalue weighted by atomic mass is 10.1. The van der Waals surface area contributed by atoms with E-state index in [1.807, 2.05) is 4.90 Å². The number of benzene rings is 1. The summed E-state index contributed by atoms with van der Waals surface area (Å²) in [6.07, 6.45) is 2.58. The van der Waals surface area contributed by atoms with Crippen molar-refractivity contribution in [2.75, 3.05) is 44.3 Å². The summed E-state index contributed by atoms with van der Waals surface area (Å²) < 4.78 is 11.1. The summed E-state index contributed by atoms with van der Waals surface area (Å²) in [7, 11) is 0. The maximum absolute atomic E-state index is 12.4. The van der Waals surface area contributed by atoms with Gasteiger partial charge in [0.2, 0.25) is 17.7 Å². The maximum atomic E-state index is 12.4.